The van der Waals surface area contributed by atoms with Crippen molar-refractivity contribution in [3.8, 4) is 0 Å². The van der Waals surface area contributed by atoms with Crippen molar-refractivity contribution >= 4 is 0 Å². The van der Waals surface area contributed by atoms with Crippen molar-refractivity contribution < 1.29 is 4.74 Å². The first-order valence-electron chi connectivity index (χ1n) is 5.56. The van der Waals surface area contributed by atoms with Crippen molar-refractivity contribution in [1.29, 1.82) is 0 Å². The van der Waals surface area contributed by atoms with Crippen molar-refractivity contribution in [2.24, 2.45) is 0 Å². The first-order chi connectivity index (χ1) is 7.27. The van der Waals surface area contributed by atoms with Crippen molar-refractivity contribution in [1.82, 2.24) is 5.32 Å². The van der Waals surface area contributed by atoms with Gasteiger partial charge in [0.15, 0.2) is 0 Å². The van der Waals surface area contributed by atoms with E-state index in [1.165, 1.54) is 11.1 Å². The van der Waals surface area contributed by atoms with Crippen LogP contribution in [0.5, 0.6) is 0 Å². The molecule has 1 N–H and O–H groups in total. The van der Waals surface area contributed by atoms with Crippen molar-refractivity contribution in [2.45, 2.75) is 26.3 Å². The molecule has 0 aromatic heterocycles. The maximum absolute atomic E-state index is 5.03. The number of methoxy groups -OCH3 is 1. The summed E-state index contributed by atoms with van der Waals surface area (Å²) in [5.74, 6) is 0. The number of nitrogens with one attached hydrogen (secondary N) is 1. The van der Waals surface area contributed by atoms with Crippen LogP contribution in [0.4, 0.5) is 0 Å². The molecule has 84 valence electrons. The third-order valence-corrected chi connectivity index (χ3v) is 2.58. The molecule has 0 heterocycles. The molecule has 1 aromatic rings. The van der Waals surface area contributed by atoms with E-state index >= 15 is 0 Å². The zero-order valence-electron chi connectivity index (χ0n) is 9.92. The van der Waals surface area contributed by atoms with Crippen LogP contribution in [0.2, 0.25) is 0 Å². The summed E-state index contributed by atoms with van der Waals surface area (Å²) in [6, 6.07) is 9.17. The minimum absolute atomic E-state index is 0.445. The molecule has 0 radical (unpaired) electrons. The molecule has 1 rings (SSSR count). The number of aryl methyl sites for hydroxylation is 1. The Labute approximate surface area is 92.6 Å². The molecule has 0 spiro atoms. The Morgan fingerprint density at radius 1 is 1.27 bits per heavy atom. The second-order valence-electron chi connectivity index (χ2n) is 3.82. The molecule has 0 saturated heterocycles. The van der Waals surface area contributed by atoms with Gasteiger partial charge in [0.2, 0.25) is 0 Å². The van der Waals surface area contributed by atoms with Gasteiger partial charge >= 0.3 is 0 Å². The molecule has 1 unspecified atom stereocenters. The van der Waals surface area contributed by atoms with Crippen molar-refractivity contribution in [3.63, 3.8) is 0 Å². The molecule has 1 aromatic carbocycles. The predicted molar refractivity (Wildman–Crippen MR) is 64.1 cm³/mol. The van der Waals surface area contributed by atoms with Gasteiger partial charge in [0, 0.05) is 19.7 Å². The fourth-order valence-electron chi connectivity index (χ4n) is 1.63. The van der Waals surface area contributed by atoms with Crippen LogP contribution in [0.3, 0.4) is 0 Å². The van der Waals surface area contributed by atoms with E-state index in [0.717, 1.165) is 19.6 Å². The molecule has 15 heavy (non-hydrogen) atoms. The highest BCUT2D eigenvalue weighted by Gasteiger charge is 2.06. The second-order valence-corrected chi connectivity index (χ2v) is 3.82. The van der Waals surface area contributed by atoms with Gasteiger partial charge in [0.25, 0.3) is 0 Å². The van der Waals surface area contributed by atoms with E-state index in [-0.39, 0.29) is 0 Å². The fourth-order valence-corrected chi connectivity index (χ4v) is 1.63. The lowest BCUT2D eigenvalue weighted by Crippen LogP contribution is -2.24. The molecule has 0 fully saturated rings. The third-order valence-electron chi connectivity index (χ3n) is 2.58. The number of benzene rings is 1. The summed E-state index contributed by atoms with van der Waals surface area (Å²) in [7, 11) is 1.73. The van der Waals surface area contributed by atoms with Gasteiger partial charge in [0.1, 0.15) is 0 Å². The number of rotatable bonds is 6. The van der Waals surface area contributed by atoms with Gasteiger partial charge in [-0.1, -0.05) is 36.8 Å². The molecule has 2 nitrogen and oxygen atoms in total. The van der Waals surface area contributed by atoms with E-state index in [0.29, 0.717) is 6.04 Å². The molecule has 1 atom stereocenters. The Hall–Kier alpha value is -0.860. The fraction of sp³-hybridized carbons (Fsp3) is 0.538. The topological polar surface area (TPSA) is 21.3 Å². The zero-order chi connectivity index (χ0) is 11.1. The van der Waals surface area contributed by atoms with Gasteiger partial charge < -0.3 is 10.1 Å². The minimum Gasteiger partial charge on any atom is -0.383 e. The van der Waals surface area contributed by atoms with E-state index < -0.39 is 0 Å². The Bertz CT molecular complexity index is 268. The lowest BCUT2D eigenvalue weighted by atomic mass is 10.0. The van der Waals surface area contributed by atoms with Crippen LogP contribution in [-0.4, -0.2) is 20.3 Å². The summed E-state index contributed by atoms with van der Waals surface area (Å²) in [6.45, 7) is 5.98. The van der Waals surface area contributed by atoms with Crippen LogP contribution in [0.1, 0.15) is 30.5 Å². The Kier molecular flexibility index (Phi) is 5.37. The molecule has 0 saturated carbocycles. The minimum atomic E-state index is 0.445. The van der Waals surface area contributed by atoms with Crippen molar-refractivity contribution in [3.05, 3.63) is 35.4 Å². The highest BCUT2D eigenvalue weighted by molar-refractivity contribution is 5.23. The summed E-state index contributed by atoms with van der Waals surface area (Å²) >= 11 is 0. The number of hydrogen-bond acceptors (Lipinski definition) is 2. The smallest absolute Gasteiger partial charge is 0.0587 e. The Morgan fingerprint density at radius 3 is 2.47 bits per heavy atom. The van der Waals surface area contributed by atoms with Crippen molar-refractivity contribution in [2.75, 3.05) is 20.3 Å². The average molecular weight is 207 g/mol. The van der Waals surface area contributed by atoms with E-state index in [4.69, 9.17) is 4.74 Å². The first kappa shape index (κ1) is 12.2. The Balaban J connectivity index is 2.53. The van der Waals surface area contributed by atoms with Gasteiger partial charge in [-0.2, -0.15) is 0 Å². The average Bonchev–Trinajstić information content (AvgIpc) is 2.26. The SMILES string of the molecule is CCC(NCCOC)c1ccc(C)cc1. The highest BCUT2D eigenvalue weighted by atomic mass is 16.5. The largest absolute Gasteiger partial charge is 0.383 e. The van der Waals surface area contributed by atoms with Crippen LogP contribution in [0.15, 0.2) is 24.3 Å². The van der Waals surface area contributed by atoms with E-state index in [1.807, 2.05) is 0 Å². The lowest BCUT2D eigenvalue weighted by molar-refractivity contribution is 0.195. The maximum Gasteiger partial charge on any atom is 0.0587 e. The predicted octanol–water partition coefficient (Wildman–Crippen LogP) is 2.68. The molecule has 0 bridgehead atoms. The van der Waals surface area contributed by atoms with E-state index in [9.17, 15) is 0 Å². The van der Waals surface area contributed by atoms with Crippen LogP contribution in [0, 0.1) is 6.92 Å². The van der Waals surface area contributed by atoms with Gasteiger partial charge in [0.05, 0.1) is 6.61 Å². The molecular formula is C13H21NO. The number of ether oxygens (including phenoxy) is 1. The van der Waals surface area contributed by atoms with Gasteiger partial charge in [-0.3, -0.25) is 0 Å². The molecule has 0 aliphatic rings. The van der Waals surface area contributed by atoms with Gasteiger partial charge in [-0.05, 0) is 18.9 Å². The Morgan fingerprint density at radius 2 is 1.93 bits per heavy atom. The molecule has 2 heteroatoms. The van der Waals surface area contributed by atoms with E-state index in [1.54, 1.807) is 7.11 Å². The normalized spacial score (nSPS) is 12.7. The summed E-state index contributed by atoms with van der Waals surface area (Å²) < 4.78 is 5.03. The monoisotopic (exact) mass is 207 g/mol. The summed E-state index contributed by atoms with van der Waals surface area (Å²) in [5, 5.41) is 3.48. The zero-order valence-corrected chi connectivity index (χ0v) is 9.92. The molecule has 0 amide bonds. The van der Waals surface area contributed by atoms with Gasteiger partial charge in [-0.25, -0.2) is 0 Å². The van der Waals surface area contributed by atoms with Crippen LogP contribution in [0.25, 0.3) is 0 Å². The highest BCUT2D eigenvalue weighted by Crippen LogP contribution is 2.16. The summed E-state index contributed by atoms with van der Waals surface area (Å²) in [5.41, 5.74) is 2.67. The summed E-state index contributed by atoms with van der Waals surface area (Å²) in [4.78, 5) is 0. The summed E-state index contributed by atoms with van der Waals surface area (Å²) in [6.07, 6.45) is 1.10. The number of hydrogen-bond donors (Lipinski definition) is 1. The quantitative estimate of drug-likeness (QED) is 0.724. The second kappa shape index (κ2) is 6.59. The molecular weight excluding hydrogens is 186 g/mol. The first-order valence-corrected chi connectivity index (χ1v) is 5.56. The lowest BCUT2D eigenvalue weighted by Gasteiger charge is -2.17. The maximum atomic E-state index is 5.03. The third kappa shape index (κ3) is 4.02. The van der Waals surface area contributed by atoms with E-state index in [2.05, 4.69) is 43.4 Å². The standard InChI is InChI=1S/C13H21NO/c1-4-13(14-9-10-15-3)12-7-5-11(2)6-8-12/h5-8,13-14H,4,9-10H2,1-3H3. The van der Waals surface area contributed by atoms with Gasteiger partial charge in [-0.15, -0.1) is 0 Å². The van der Waals surface area contributed by atoms with Crippen LogP contribution < -0.4 is 5.32 Å². The van der Waals surface area contributed by atoms with Crippen LogP contribution >= 0.6 is 0 Å². The van der Waals surface area contributed by atoms with Crippen LogP contribution in [-0.2, 0) is 4.74 Å². The molecule has 0 aliphatic heterocycles. The molecule has 0 aliphatic carbocycles.